The summed E-state index contributed by atoms with van der Waals surface area (Å²) in [7, 11) is 0. The standard InChI is InChI=1S/C18H22N2O/c19-8-13-4-11-5-14(11)20(13)17(21)16-15-12-2-9-1-10(3-12)7-18(15,16)6-9/h9-16H,1-7H2. The fraction of sp³-hybridized carbons (Fsp3) is 0.889. The van der Waals surface area contributed by atoms with Gasteiger partial charge in [0.05, 0.1) is 6.07 Å². The number of amides is 1. The molecule has 1 heterocycles. The summed E-state index contributed by atoms with van der Waals surface area (Å²) in [6, 6.07) is 2.74. The summed E-state index contributed by atoms with van der Waals surface area (Å²) in [6.45, 7) is 0. The van der Waals surface area contributed by atoms with Crippen LogP contribution in [0.5, 0.6) is 0 Å². The Morgan fingerprint density at radius 3 is 2.52 bits per heavy atom. The molecule has 0 aromatic rings. The van der Waals surface area contributed by atoms with Crippen molar-refractivity contribution in [3.8, 4) is 6.07 Å². The van der Waals surface area contributed by atoms with Crippen molar-refractivity contribution >= 4 is 5.91 Å². The normalized spacial score (nSPS) is 61.2. The highest BCUT2D eigenvalue weighted by atomic mass is 16.2. The van der Waals surface area contributed by atoms with E-state index in [4.69, 9.17) is 0 Å². The second-order valence-corrected chi connectivity index (χ2v) is 9.03. The van der Waals surface area contributed by atoms with E-state index >= 15 is 0 Å². The first-order valence-corrected chi connectivity index (χ1v) is 8.93. The van der Waals surface area contributed by atoms with Crippen LogP contribution in [0.1, 0.15) is 44.9 Å². The molecule has 0 aromatic heterocycles. The first-order chi connectivity index (χ1) is 10.2. The number of rotatable bonds is 1. The molecule has 6 saturated carbocycles. The summed E-state index contributed by atoms with van der Waals surface area (Å²) in [6.07, 6.45) is 9.04. The monoisotopic (exact) mass is 282 g/mol. The van der Waals surface area contributed by atoms with Crippen LogP contribution in [0.4, 0.5) is 0 Å². The summed E-state index contributed by atoms with van der Waals surface area (Å²) in [5, 5.41) is 9.38. The number of carbonyl (C=O) groups excluding carboxylic acids is 1. The highest BCUT2D eigenvalue weighted by Crippen LogP contribution is 2.79. The highest BCUT2D eigenvalue weighted by molar-refractivity contribution is 5.85. The van der Waals surface area contributed by atoms with Crippen molar-refractivity contribution in [3.05, 3.63) is 0 Å². The van der Waals surface area contributed by atoms with Crippen LogP contribution in [0.15, 0.2) is 0 Å². The minimum absolute atomic E-state index is 0.102. The van der Waals surface area contributed by atoms with E-state index in [9.17, 15) is 10.1 Å². The van der Waals surface area contributed by atoms with E-state index in [0.29, 0.717) is 35.1 Å². The maximum atomic E-state index is 13.2. The Morgan fingerprint density at radius 1 is 1.05 bits per heavy atom. The van der Waals surface area contributed by atoms with Gasteiger partial charge in [-0.2, -0.15) is 5.26 Å². The van der Waals surface area contributed by atoms with Gasteiger partial charge >= 0.3 is 0 Å². The quantitative estimate of drug-likeness (QED) is 0.742. The lowest BCUT2D eigenvalue weighted by Crippen LogP contribution is -2.41. The molecule has 4 bridgehead atoms. The van der Waals surface area contributed by atoms with Crippen molar-refractivity contribution in [1.82, 2.24) is 4.90 Å². The van der Waals surface area contributed by atoms with Gasteiger partial charge in [0.2, 0.25) is 5.91 Å². The lowest BCUT2D eigenvalue weighted by molar-refractivity contribution is -0.134. The zero-order valence-electron chi connectivity index (χ0n) is 12.4. The first-order valence-electron chi connectivity index (χ1n) is 8.93. The molecular weight excluding hydrogens is 260 g/mol. The SMILES string of the molecule is N#CC1CC2CC2N1C(=O)C1C2C3CC4CC(C3)CC12C4. The van der Waals surface area contributed by atoms with Gasteiger partial charge in [-0.3, -0.25) is 4.79 Å². The molecule has 110 valence electrons. The van der Waals surface area contributed by atoms with Crippen molar-refractivity contribution in [2.45, 2.75) is 57.0 Å². The van der Waals surface area contributed by atoms with Crippen LogP contribution in [-0.4, -0.2) is 22.9 Å². The molecule has 1 spiro atoms. The van der Waals surface area contributed by atoms with Gasteiger partial charge < -0.3 is 4.90 Å². The Bertz CT molecular complexity index is 579. The molecule has 7 rings (SSSR count). The molecule has 1 amide bonds. The van der Waals surface area contributed by atoms with Crippen molar-refractivity contribution in [1.29, 1.82) is 5.26 Å². The van der Waals surface area contributed by atoms with Crippen molar-refractivity contribution < 1.29 is 4.79 Å². The number of nitrogens with zero attached hydrogens (tertiary/aromatic N) is 2. The lowest BCUT2D eigenvalue weighted by atomic mass is 9.56. The number of likely N-dealkylation sites (tertiary alicyclic amines) is 1. The van der Waals surface area contributed by atoms with E-state index in [1.807, 2.05) is 4.90 Å². The molecule has 1 saturated heterocycles. The number of hydrogen-bond donors (Lipinski definition) is 0. The Labute approximate surface area is 125 Å². The maximum Gasteiger partial charge on any atom is 0.227 e. The summed E-state index contributed by atoms with van der Waals surface area (Å²) in [4.78, 5) is 15.3. The molecule has 7 unspecified atom stereocenters. The summed E-state index contributed by atoms with van der Waals surface area (Å²) >= 11 is 0. The molecule has 0 aromatic carbocycles. The van der Waals surface area contributed by atoms with Gasteiger partial charge in [-0.05, 0) is 80.0 Å². The Kier molecular flexibility index (Phi) is 1.82. The fourth-order valence-corrected chi connectivity index (χ4v) is 7.64. The molecule has 6 aliphatic carbocycles. The predicted molar refractivity (Wildman–Crippen MR) is 75.7 cm³/mol. The minimum atomic E-state index is -0.102. The number of piperidine rings is 1. The van der Waals surface area contributed by atoms with Gasteiger partial charge in [0.1, 0.15) is 6.04 Å². The van der Waals surface area contributed by atoms with E-state index in [1.165, 1.54) is 38.5 Å². The zero-order valence-corrected chi connectivity index (χ0v) is 12.4. The summed E-state index contributed by atoms with van der Waals surface area (Å²) in [5.41, 5.74) is 0.402. The van der Waals surface area contributed by atoms with Gasteiger partial charge in [0.15, 0.2) is 0 Å². The molecule has 7 fully saturated rings. The molecule has 7 aliphatic rings. The highest BCUT2D eigenvalue weighted by Gasteiger charge is 2.77. The third-order valence-corrected chi connectivity index (χ3v) is 8.09. The third kappa shape index (κ3) is 1.22. The van der Waals surface area contributed by atoms with E-state index in [0.717, 1.165) is 24.2 Å². The van der Waals surface area contributed by atoms with E-state index in [-0.39, 0.29) is 6.04 Å². The molecular formula is C18H22N2O. The van der Waals surface area contributed by atoms with Gasteiger partial charge in [0, 0.05) is 12.0 Å². The maximum absolute atomic E-state index is 13.2. The molecule has 0 radical (unpaired) electrons. The summed E-state index contributed by atoms with van der Waals surface area (Å²) in [5.74, 6) is 4.77. The molecule has 0 N–H and O–H groups in total. The molecule has 1 aliphatic heterocycles. The van der Waals surface area contributed by atoms with Crippen molar-refractivity contribution in [2.24, 2.45) is 40.9 Å². The number of carbonyl (C=O) groups is 1. The van der Waals surface area contributed by atoms with Gasteiger partial charge in [-0.25, -0.2) is 0 Å². The topological polar surface area (TPSA) is 44.1 Å². The number of nitriles is 1. The van der Waals surface area contributed by atoms with Crippen LogP contribution in [-0.2, 0) is 4.79 Å². The van der Waals surface area contributed by atoms with Gasteiger partial charge in [0.25, 0.3) is 0 Å². The second-order valence-electron chi connectivity index (χ2n) is 9.03. The van der Waals surface area contributed by atoms with Crippen LogP contribution >= 0.6 is 0 Å². The largest absolute Gasteiger partial charge is 0.323 e. The van der Waals surface area contributed by atoms with Crippen LogP contribution < -0.4 is 0 Å². The van der Waals surface area contributed by atoms with E-state index in [2.05, 4.69) is 6.07 Å². The average Bonchev–Trinajstić information content (AvgIpc) is 3.31. The van der Waals surface area contributed by atoms with Crippen molar-refractivity contribution in [2.75, 3.05) is 0 Å². The molecule has 3 heteroatoms. The fourth-order valence-electron chi connectivity index (χ4n) is 7.64. The first kappa shape index (κ1) is 11.5. The minimum Gasteiger partial charge on any atom is -0.323 e. The Hall–Kier alpha value is -1.04. The molecule has 21 heavy (non-hydrogen) atoms. The van der Waals surface area contributed by atoms with E-state index < -0.39 is 0 Å². The lowest BCUT2D eigenvalue weighted by Gasteiger charge is -2.49. The third-order valence-electron chi connectivity index (χ3n) is 8.09. The molecule has 7 atom stereocenters. The van der Waals surface area contributed by atoms with Crippen LogP contribution in [0.2, 0.25) is 0 Å². The average molecular weight is 282 g/mol. The Morgan fingerprint density at radius 2 is 1.81 bits per heavy atom. The predicted octanol–water partition coefficient (Wildman–Crippen LogP) is 2.57. The second kappa shape index (κ2) is 3.31. The Balaban J connectivity index is 1.34. The van der Waals surface area contributed by atoms with Crippen molar-refractivity contribution in [3.63, 3.8) is 0 Å². The molecule has 3 nitrogen and oxygen atoms in total. The van der Waals surface area contributed by atoms with Crippen LogP contribution in [0.25, 0.3) is 0 Å². The smallest absolute Gasteiger partial charge is 0.227 e. The summed E-state index contributed by atoms with van der Waals surface area (Å²) < 4.78 is 0. The van der Waals surface area contributed by atoms with E-state index in [1.54, 1.807) is 0 Å². The van der Waals surface area contributed by atoms with Gasteiger partial charge in [-0.15, -0.1) is 0 Å². The van der Waals surface area contributed by atoms with Crippen LogP contribution in [0.3, 0.4) is 0 Å². The van der Waals surface area contributed by atoms with Gasteiger partial charge in [-0.1, -0.05) is 0 Å². The van der Waals surface area contributed by atoms with Crippen LogP contribution in [0, 0.1) is 52.3 Å². The zero-order chi connectivity index (χ0) is 13.9. The number of hydrogen-bond acceptors (Lipinski definition) is 2. The number of fused-ring (bicyclic) bond motifs is 1.